The maximum atomic E-state index is 13.2. The second-order valence-corrected chi connectivity index (χ2v) is 5.86. The van der Waals surface area contributed by atoms with E-state index in [-0.39, 0.29) is 10.6 Å². The van der Waals surface area contributed by atoms with Crippen LogP contribution in [-0.2, 0) is 0 Å². The van der Waals surface area contributed by atoms with Gasteiger partial charge in [-0.15, -0.1) is 0 Å². The Kier molecular flexibility index (Phi) is 4.66. The van der Waals surface area contributed by atoms with Crippen molar-refractivity contribution < 1.29 is 13.9 Å². The average Bonchev–Trinajstić information content (AvgIpc) is 2.36. The van der Waals surface area contributed by atoms with Crippen molar-refractivity contribution in [1.29, 1.82) is 0 Å². The molecule has 1 nitrogen and oxygen atoms in total. The third kappa shape index (κ3) is 3.18. The standard InChI is InChI=1S/C13H7Cl2F2IO/c14-6-1-2-12(18)8(3-6)13(19)7-4-10(16)11(17)5-9(7)15/h1-5,13,19H. The van der Waals surface area contributed by atoms with Gasteiger partial charge in [-0.3, -0.25) is 0 Å². The van der Waals surface area contributed by atoms with Crippen molar-refractivity contribution in [1.82, 2.24) is 0 Å². The van der Waals surface area contributed by atoms with Crippen LogP contribution in [-0.4, -0.2) is 5.11 Å². The fraction of sp³-hybridized carbons (Fsp3) is 0.0769. The van der Waals surface area contributed by atoms with Crippen LogP contribution in [0.15, 0.2) is 30.3 Å². The summed E-state index contributed by atoms with van der Waals surface area (Å²) >= 11 is 13.7. The molecule has 0 saturated carbocycles. The highest BCUT2D eigenvalue weighted by atomic mass is 127. The Labute approximate surface area is 132 Å². The summed E-state index contributed by atoms with van der Waals surface area (Å²) in [6.07, 6.45) is -1.17. The van der Waals surface area contributed by atoms with Gasteiger partial charge in [-0.05, 0) is 58.5 Å². The molecule has 1 N–H and O–H groups in total. The van der Waals surface area contributed by atoms with Crippen LogP contribution in [0, 0.1) is 15.2 Å². The normalized spacial score (nSPS) is 12.5. The number of hydrogen-bond acceptors (Lipinski definition) is 1. The van der Waals surface area contributed by atoms with Gasteiger partial charge in [0.1, 0.15) is 6.10 Å². The molecule has 0 spiro atoms. The highest BCUT2D eigenvalue weighted by Gasteiger charge is 2.19. The zero-order valence-corrected chi connectivity index (χ0v) is 13.0. The zero-order chi connectivity index (χ0) is 14.2. The summed E-state index contributed by atoms with van der Waals surface area (Å²) in [5.74, 6) is -2.11. The molecular weight excluding hydrogens is 408 g/mol. The smallest absolute Gasteiger partial charge is 0.160 e. The quantitative estimate of drug-likeness (QED) is 0.544. The lowest BCUT2D eigenvalue weighted by Gasteiger charge is -2.15. The first-order valence-electron chi connectivity index (χ1n) is 5.17. The van der Waals surface area contributed by atoms with Crippen LogP contribution < -0.4 is 0 Å². The molecule has 19 heavy (non-hydrogen) atoms. The monoisotopic (exact) mass is 414 g/mol. The fourth-order valence-electron chi connectivity index (χ4n) is 1.64. The Morgan fingerprint density at radius 1 is 1.00 bits per heavy atom. The first kappa shape index (κ1) is 15.0. The van der Waals surface area contributed by atoms with Crippen LogP contribution >= 0.6 is 45.8 Å². The molecule has 0 aromatic heterocycles. The maximum Gasteiger partial charge on any atom is 0.160 e. The summed E-state index contributed by atoms with van der Waals surface area (Å²) in [7, 11) is 0. The summed E-state index contributed by atoms with van der Waals surface area (Å²) in [5.41, 5.74) is 0.585. The summed E-state index contributed by atoms with van der Waals surface area (Å²) in [6, 6.07) is 6.68. The number of rotatable bonds is 2. The minimum absolute atomic E-state index is 0.0397. The molecule has 0 amide bonds. The Morgan fingerprint density at radius 2 is 1.63 bits per heavy atom. The SMILES string of the molecule is OC(c1cc(F)c(F)cc1Cl)c1cc(Cl)ccc1I. The van der Waals surface area contributed by atoms with Gasteiger partial charge < -0.3 is 5.11 Å². The molecule has 2 aromatic rings. The minimum atomic E-state index is -1.17. The molecule has 2 aromatic carbocycles. The van der Waals surface area contributed by atoms with Gasteiger partial charge in [0.05, 0.1) is 0 Å². The van der Waals surface area contributed by atoms with E-state index in [2.05, 4.69) is 0 Å². The van der Waals surface area contributed by atoms with Crippen LogP contribution in [0.1, 0.15) is 17.2 Å². The Hall–Kier alpha value is -0.430. The van der Waals surface area contributed by atoms with E-state index in [0.717, 1.165) is 15.7 Å². The van der Waals surface area contributed by atoms with E-state index in [1.54, 1.807) is 18.2 Å². The van der Waals surface area contributed by atoms with Crippen molar-refractivity contribution in [2.75, 3.05) is 0 Å². The Bertz CT molecular complexity index is 634. The highest BCUT2D eigenvalue weighted by Crippen LogP contribution is 2.33. The number of benzene rings is 2. The van der Waals surface area contributed by atoms with Gasteiger partial charge in [0, 0.05) is 19.2 Å². The number of aliphatic hydroxyl groups is 1. The second kappa shape index (κ2) is 5.91. The molecule has 1 atom stereocenters. The van der Waals surface area contributed by atoms with E-state index in [0.29, 0.717) is 10.6 Å². The minimum Gasteiger partial charge on any atom is -0.384 e. The van der Waals surface area contributed by atoms with E-state index in [4.69, 9.17) is 23.2 Å². The van der Waals surface area contributed by atoms with Gasteiger partial charge in [0.25, 0.3) is 0 Å². The van der Waals surface area contributed by atoms with Crippen LogP contribution in [0.25, 0.3) is 0 Å². The van der Waals surface area contributed by atoms with E-state index >= 15 is 0 Å². The molecule has 0 heterocycles. The number of aliphatic hydroxyl groups excluding tert-OH is 1. The lowest BCUT2D eigenvalue weighted by molar-refractivity contribution is 0.218. The van der Waals surface area contributed by atoms with Gasteiger partial charge in [0.15, 0.2) is 11.6 Å². The largest absolute Gasteiger partial charge is 0.384 e. The van der Waals surface area contributed by atoms with Crippen molar-refractivity contribution >= 4 is 45.8 Å². The molecule has 0 radical (unpaired) electrons. The van der Waals surface area contributed by atoms with Crippen LogP contribution in [0.5, 0.6) is 0 Å². The predicted octanol–water partition coefficient (Wildman–Crippen LogP) is 4.96. The highest BCUT2D eigenvalue weighted by molar-refractivity contribution is 14.1. The summed E-state index contributed by atoms with van der Waals surface area (Å²) in [4.78, 5) is 0. The fourth-order valence-corrected chi connectivity index (χ4v) is 2.70. The van der Waals surface area contributed by atoms with Gasteiger partial charge in [-0.2, -0.15) is 0 Å². The van der Waals surface area contributed by atoms with Crippen molar-refractivity contribution in [3.63, 3.8) is 0 Å². The molecule has 0 bridgehead atoms. The molecule has 0 aliphatic rings. The Balaban J connectivity index is 2.52. The number of halogens is 5. The topological polar surface area (TPSA) is 20.2 Å². The molecule has 2 rings (SSSR count). The maximum absolute atomic E-state index is 13.2. The van der Waals surface area contributed by atoms with Crippen molar-refractivity contribution in [3.05, 3.63) is 66.7 Å². The number of hydrogen-bond donors (Lipinski definition) is 1. The van der Waals surface area contributed by atoms with Gasteiger partial charge in [-0.25, -0.2) is 8.78 Å². The first-order valence-corrected chi connectivity index (χ1v) is 7.01. The molecule has 6 heteroatoms. The predicted molar refractivity (Wildman–Crippen MR) is 79.6 cm³/mol. The summed E-state index contributed by atoms with van der Waals surface area (Å²) in [6.45, 7) is 0. The molecule has 0 fully saturated rings. The van der Waals surface area contributed by atoms with Gasteiger partial charge in [0.2, 0.25) is 0 Å². The lowest BCUT2D eigenvalue weighted by Crippen LogP contribution is -2.04. The van der Waals surface area contributed by atoms with Crippen molar-refractivity contribution in [2.45, 2.75) is 6.10 Å². The molecule has 1 unspecified atom stereocenters. The summed E-state index contributed by atoms with van der Waals surface area (Å²) < 4.78 is 27.0. The lowest BCUT2D eigenvalue weighted by atomic mass is 10.0. The van der Waals surface area contributed by atoms with Crippen LogP contribution in [0.3, 0.4) is 0 Å². The molecular formula is C13H7Cl2F2IO. The van der Waals surface area contributed by atoms with E-state index in [1.165, 1.54) is 0 Å². The second-order valence-electron chi connectivity index (χ2n) is 3.86. The summed E-state index contributed by atoms with van der Waals surface area (Å²) in [5, 5.41) is 10.7. The van der Waals surface area contributed by atoms with E-state index < -0.39 is 17.7 Å². The first-order chi connectivity index (χ1) is 8.90. The van der Waals surface area contributed by atoms with E-state index in [9.17, 15) is 13.9 Å². The van der Waals surface area contributed by atoms with Crippen LogP contribution in [0.4, 0.5) is 8.78 Å². The molecule has 100 valence electrons. The molecule has 0 aliphatic heterocycles. The van der Waals surface area contributed by atoms with E-state index in [1.807, 2.05) is 22.6 Å². The molecule has 0 aliphatic carbocycles. The van der Waals surface area contributed by atoms with Gasteiger partial charge in [-0.1, -0.05) is 23.2 Å². The van der Waals surface area contributed by atoms with Gasteiger partial charge >= 0.3 is 0 Å². The molecule has 0 saturated heterocycles. The third-order valence-electron chi connectivity index (χ3n) is 2.59. The van der Waals surface area contributed by atoms with Crippen molar-refractivity contribution in [3.8, 4) is 0 Å². The third-order valence-corrected chi connectivity index (χ3v) is 4.13. The average molecular weight is 415 g/mol. The van der Waals surface area contributed by atoms with Crippen LogP contribution in [0.2, 0.25) is 10.0 Å². The zero-order valence-electron chi connectivity index (χ0n) is 9.30. The van der Waals surface area contributed by atoms with Crippen molar-refractivity contribution in [2.24, 2.45) is 0 Å². The Morgan fingerprint density at radius 3 is 2.32 bits per heavy atom.